The van der Waals surface area contributed by atoms with Crippen molar-refractivity contribution in [2.45, 2.75) is 20.4 Å². The predicted molar refractivity (Wildman–Crippen MR) is 80.7 cm³/mol. The van der Waals surface area contributed by atoms with Gasteiger partial charge in [-0.2, -0.15) is 0 Å². The average Bonchev–Trinajstić information content (AvgIpc) is 2.48. The van der Waals surface area contributed by atoms with Gasteiger partial charge in [0.15, 0.2) is 0 Å². The van der Waals surface area contributed by atoms with Gasteiger partial charge in [0.25, 0.3) is 5.91 Å². The molecule has 0 aliphatic rings. The highest BCUT2D eigenvalue weighted by molar-refractivity contribution is 5.99. The molecule has 2 rings (SSSR count). The third kappa shape index (κ3) is 3.57. The van der Waals surface area contributed by atoms with Gasteiger partial charge in [0.1, 0.15) is 0 Å². The fourth-order valence-corrected chi connectivity index (χ4v) is 1.97. The van der Waals surface area contributed by atoms with Crippen molar-refractivity contribution in [2.75, 3.05) is 11.9 Å². The highest BCUT2D eigenvalue weighted by atomic mass is 16.1. The standard InChI is InChI=1S/C16H19N3O/c1-3-18-15-5-4-12(2)10-14(15)16(20)19-11-13-6-8-17-9-7-13/h4-10,18H,3,11H2,1-2H3,(H,19,20). The summed E-state index contributed by atoms with van der Waals surface area (Å²) in [5, 5.41) is 6.15. The molecule has 4 nitrogen and oxygen atoms in total. The van der Waals surface area contributed by atoms with Crippen LogP contribution >= 0.6 is 0 Å². The Balaban J connectivity index is 2.10. The van der Waals surface area contributed by atoms with Crippen LogP contribution in [0.25, 0.3) is 0 Å². The maximum atomic E-state index is 12.3. The molecule has 1 heterocycles. The molecule has 0 bridgehead atoms. The number of pyridine rings is 1. The monoisotopic (exact) mass is 269 g/mol. The minimum Gasteiger partial charge on any atom is -0.385 e. The van der Waals surface area contributed by atoms with Crippen molar-refractivity contribution in [1.82, 2.24) is 10.3 Å². The normalized spacial score (nSPS) is 10.1. The van der Waals surface area contributed by atoms with Crippen molar-refractivity contribution < 1.29 is 4.79 Å². The summed E-state index contributed by atoms with van der Waals surface area (Å²) in [6, 6.07) is 9.63. The summed E-state index contributed by atoms with van der Waals surface area (Å²) in [6.07, 6.45) is 3.44. The van der Waals surface area contributed by atoms with Crippen LogP contribution in [0.1, 0.15) is 28.4 Å². The first-order chi connectivity index (χ1) is 9.70. The molecule has 0 atom stereocenters. The van der Waals surface area contributed by atoms with E-state index in [4.69, 9.17) is 0 Å². The van der Waals surface area contributed by atoms with Crippen LogP contribution in [-0.4, -0.2) is 17.4 Å². The molecule has 1 amide bonds. The van der Waals surface area contributed by atoms with Crippen LogP contribution < -0.4 is 10.6 Å². The Labute approximate surface area is 119 Å². The van der Waals surface area contributed by atoms with Crippen molar-refractivity contribution in [1.29, 1.82) is 0 Å². The molecule has 0 radical (unpaired) electrons. The summed E-state index contributed by atoms with van der Waals surface area (Å²) in [7, 11) is 0. The lowest BCUT2D eigenvalue weighted by Gasteiger charge is -2.12. The van der Waals surface area contributed by atoms with Crippen LogP contribution in [-0.2, 0) is 6.54 Å². The summed E-state index contributed by atoms with van der Waals surface area (Å²) in [4.78, 5) is 16.3. The minimum atomic E-state index is -0.0681. The topological polar surface area (TPSA) is 54.0 Å². The van der Waals surface area contributed by atoms with Crippen LogP contribution in [0.4, 0.5) is 5.69 Å². The Morgan fingerprint density at radius 3 is 2.65 bits per heavy atom. The first-order valence-electron chi connectivity index (χ1n) is 6.72. The van der Waals surface area contributed by atoms with Gasteiger partial charge in [-0.1, -0.05) is 11.6 Å². The van der Waals surface area contributed by atoms with E-state index in [-0.39, 0.29) is 5.91 Å². The second kappa shape index (κ2) is 6.70. The lowest BCUT2D eigenvalue weighted by atomic mass is 10.1. The quantitative estimate of drug-likeness (QED) is 0.877. The van der Waals surface area contributed by atoms with Crippen LogP contribution in [0, 0.1) is 6.92 Å². The van der Waals surface area contributed by atoms with Gasteiger partial charge in [0.05, 0.1) is 5.56 Å². The van der Waals surface area contributed by atoms with E-state index in [1.165, 1.54) is 0 Å². The molecule has 0 fully saturated rings. The third-order valence-corrected chi connectivity index (χ3v) is 2.99. The highest BCUT2D eigenvalue weighted by Gasteiger charge is 2.11. The lowest BCUT2D eigenvalue weighted by Crippen LogP contribution is -2.24. The first kappa shape index (κ1) is 14.1. The molecule has 20 heavy (non-hydrogen) atoms. The number of carbonyl (C=O) groups excluding carboxylic acids is 1. The van der Waals surface area contributed by atoms with Crippen LogP contribution in [0.3, 0.4) is 0 Å². The summed E-state index contributed by atoms with van der Waals surface area (Å²) in [5.41, 5.74) is 3.65. The lowest BCUT2D eigenvalue weighted by molar-refractivity contribution is 0.0951. The number of amides is 1. The molecular weight excluding hydrogens is 250 g/mol. The van der Waals surface area contributed by atoms with Crippen molar-refractivity contribution in [3.8, 4) is 0 Å². The largest absolute Gasteiger partial charge is 0.385 e. The fourth-order valence-electron chi connectivity index (χ4n) is 1.97. The SMILES string of the molecule is CCNc1ccc(C)cc1C(=O)NCc1ccncc1. The zero-order chi connectivity index (χ0) is 14.4. The van der Waals surface area contributed by atoms with Gasteiger partial charge in [0.2, 0.25) is 0 Å². The molecule has 104 valence electrons. The highest BCUT2D eigenvalue weighted by Crippen LogP contribution is 2.17. The molecule has 0 aliphatic carbocycles. The minimum absolute atomic E-state index is 0.0681. The number of benzene rings is 1. The van der Waals surface area contributed by atoms with Crippen molar-refractivity contribution in [2.24, 2.45) is 0 Å². The number of anilines is 1. The van der Waals surface area contributed by atoms with E-state index in [9.17, 15) is 4.79 Å². The smallest absolute Gasteiger partial charge is 0.253 e. The molecular formula is C16H19N3O. The maximum Gasteiger partial charge on any atom is 0.253 e. The molecule has 1 aromatic carbocycles. The number of carbonyl (C=O) groups is 1. The van der Waals surface area contributed by atoms with Crippen molar-refractivity contribution in [3.05, 3.63) is 59.4 Å². The van der Waals surface area contributed by atoms with E-state index in [0.29, 0.717) is 12.1 Å². The third-order valence-electron chi connectivity index (χ3n) is 2.99. The van der Waals surface area contributed by atoms with Gasteiger partial charge in [-0.25, -0.2) is 0 Å². The Hall–Kier alpha value is -2.36. The fraction of sp³-hybridized carbons (Fsp3) is 0.250. The molecule has 0 saturated heterocycles. The number of aryl methyl sites for hydroxylation is 1. The van der Waals surface area contributed by atoms with Crippen LogP contribution in [0.15, 0.2) is 42.7 Å². The summed E-state index contributed by atoms with van der Waals surface area (Å²) in [6.45, 7) is 5.28. The predicted octanol–water partition coefficient (Wildman–Crippen LogP) is 2.75. The average molecular weight is 269 g/mol. The number of hydrogen-bond acceptors (Lipinski definition) is 3. The van der Waals surface area contributed by atoms with Gasteiger partial charge in [-0.15, -0.1) is 0 Å². The molecule has 0 saturated carbocycles. The number of aromatic nitrogens is 1. The van der Waals surface area contributed by atoms with E-state index >= 15 is 0 Å². The molecule has 4 heteroatoms. The van der Waals surface area contributed by atoms with Crippen molar-refractivity contribution >= 4 is 11.6 Å². The Bertz CT molecular complexity index is 582. The Morgan fingerprint density at radius 2 is 1.95 bits per heavy atom. The summed E-state index contributed by atoms with van der Waals surface area (Å²) < 4.78 is 0. The van der Waals surface area contributed by atoms with E-state index in [1.54, 1.807) is 12.4 Å². The number of rotatable bonds is 5. The Kier molecular flexibility index (Phi) is 4.71. The van der Waals surface area contributed by atoms with Crippen LogP contribution in [0.2, 0.25) is 0 Å². The van der Waals surface area contributed by atoms with Crippen LogP contribution in [0.5, 0.6) is 0 Å². The molecule has 0 aliphatic heterocycles. The molecule has 1 aromatic heterocycles. The molecule has 2 N–H and O–H groups in total. The van der Waals surface area contributed by atoms with Crippen molar-refractivity contribution in [3.63, 3.8) is 0 Å². The zero-order valence-corrected chi connectivity index (χ0v) is 11.8. The van der Waals surface area contributed by atoms with E-state index in [2.05, 4.69) is 15.6 Å². The zero-order valence-electron chi connectivity index (χ0n) is 11.8. The van der Waals surface area contributed by atoms with Gasteiger partial charge < -0.3 is 10.6 Å². The van der Waals surface area contributed by atoms with Gasteiger partial charge in [-0.05, 0) is 43.7 Å². The summed E-state index contributed by atoms with van der Waals surface area (Å²) >= 11 is 0. The molecule has 0 unspecified atom stereocenters. The van der Waals surface area contributed by atoms with Gasteiger partial charge in [0, 0.05) is 31.2 Å². The number of hydrogen-bond donors (Lipinski definition) is 2. The van der Waals surface area contributed by atoms with Gasteiger partial charge in [-0.3, -0.25) is 9.78 Å². The first-order valence-corrected chi connectivity index (χ1v) is 6.72. The van der Waals surface area contributed by atoms with E-state index in [1.807, 2.05) is 44.2 Å². The summed E-state index contributed by atoms with van der Waals surface area (Å²) in [5.74, 6) is -0.0681. The second-order valence-electron chi connectivity index (χ2n) is 4.62. The molecule has 2 aromatic rings. The number of nitrogens with zero attached hydrogens (tertiary/aromatic N) is 1. The van der Waals surface area contributed by atoms with E-state index in [0.717, 1.165) is 23.4 Å². The number of nitrogens with one attached hydrogen (secondary N) is 2. The second-order valence-corrected chi connectivity index (χ2v) is 4.62. The maximum absolute atomic E-state index is 12.3. The molecule has 0 spiro atoms. The van der Waals surface area contributed by atoms with E-state index < -0.39 is 0 Å². The van der Waals surface area contributed by atoms with Gasteiger partial charge >= 0.3 is 0 Å². The Morgan fingerprint density at radius 1 is 1.20 bits per heavy atom.